The molecule has 0 aromatic heterocycles. The van der Waals surface area contributed by atoms with Crippen molar-refractivity contribution in [2.45, 2.75) is 137 Å². The molecule has 1 aliphatic heterocycles. The molecule has 0 bridgehead atoms. The van der Waals surface area contributed by atoms with Crippen molar-refractivity contribution in [2.24, 2.45) is 4.99 Å². The third-order valence-electron chi connectivity index (χ3n) is 9.30. The number of carbonyl (C=O) groups excluding carboxylic acids is 2. The predicted octanol–water partition coefficient (Wildman–Crippen LogP) is 10.9. The van der Waals surface area contributed by atoms with Gasteiger partial charge >= 0.3 is 0 Å². The Morgan fingerprint density at radius 1 is 0.941 bits per heavy atom. The first kappa shape index (κ1) is 39.7. The molecule has 0 radical (unpaired) electrons. The fraction of sp³-hybridized carbons (Fsp3) is 0.500. The molecule has 2 amide bonds. The largest absolute Gasteiger partial charge is 0.508 e. The van der Waals surface area contributed by atoms with Crippen LogP contribution in [0.3, 0.4) is 0 Å². The summed E-state index contributed by atoms with van der Waals surface area (Å²) in [5.41, 5.74) is 8.51. The second-order valence-electron chi connectivity index (χ2n) is 15.0. The first-order valence-corrected chi connectivity index (χ1v) is 19.0. The fourth-order valence-corrected chi connectivity index (χ4v) is 6.84. The van der Waals surface area contributed by atoms with Crippen molar-refractivity contribution in [3.63, 3.8) is 0 Å². The maximum Gasteiger partial charge on any atom is 0.265 e. The lowest BCUT2D eigenvalue weighted by atomic mass is 9.86. The van der Waals surface area contributed by atoms with E-state index in [-0.39, 0.29) is 29.4 Å². The number of ether oxygens (including phenoxy) is 1. The minimum Gasteiger partial charge on any atom is -0.508 e. The minimum atomic E-state index is -0.745. The van der Waals surface area contributed by atoms with Crippen LogP contribution in [0.1, 0.15) is 127 Å². The van der Waals surface area contributed by atoms with Crippen molar-refractivity contribution >= 4 is 46.3 Å². The Balaban J connectivity index is 1.46. The maximum absolute atomic E-state index is 13.8. The molecule has 276 valence electrons. The van der Waals surface area contributed by atoms with Crippen molar-refractivity contribution in [3.05, 3.63) is 75.8 Å². The Labute approximate surface area is 310 Å². The number of anilines is 2. The Kier molecular flexibility index (Phi) is 14.4. The average molecular weight is 717 g/mol. The number of aliphatic imine (C=N–C) groups is 1. The number of nitrogens with zero attached hydrogens (tertiary/aromatic N) is 2. The van der Waals surface area contributed by atoms with E-state index in [1.54, 1.807) is 35.3 Å². The lowest BCUT2D eigenvalue weighted by Gasteiger charge is -2.23. The zero-order chi connectivity index (χ0) is 37.1. The van der Waals surface area contributed by atoms with E-state index in [0.717, 1.165) is 47.2 Å². The zero-order valence-corrected chi connectivity index (χ0v) is 32.4. The van der Waals surface area contributed by atoms with Gasteiger partial charge in [0.15, 0.2) is 6.10 Å². The van der Waals surface area contributed by atoms with Gasteiger partial charge in [0.25, 0.3) is 11.8 Å². The van der Waals surface area contributed by atoms with E-state index in [2.05, 4.69) is 17.7 Å². The normalized spacial score (nSPS) is 14.5. The number of carbonyl (C=O) groups is 2. The lowest BCUT2D eigenvalue weighted by molar-refractivity contribution is -0.123. The topological polar surface area (TPSA) is 103 Å². The monoisotopic (exact) mass is 716 g/mol. The Morgan fingerprint density at radius 2 is 1.57 bits per heavy atom. The SMILES string of the molecule is CCCCCCCCCCCCC(Oc1ccc(O)c(C(C)(C)C)c1)C(=O)Nc1ccc(Cl)c(N=C2CC(=O)N(c3c(C)cc(C)cc3C)N2)c1. The maximum atomic E-state index is 13.8. The van der Waals surface area contributed by atoms with Crippen molar-refractivity contribution < 1.29 is 19.4 Å². The van der Waals surface area contributed by atoms with Crippen LogP contribution in [0.2, 0.25) is 5.02 Å². The molecule has 51 heavy (non-hydrogen) atoms. The van der Waals surface area contributed by atoms with E-state index in [4.69, 9.17) is 21.3 Å². The molecular weight excluding hydrogens is 660 g/mol. The number of aryl methyl sites for hydroxylation is 3. The Morgan fingerprint density at radius 3 is 2.20 bits per heavy atom. The summed E-state index contributed by atoms with van der Waals surface area (Å²) in [5.74, 6) is 0.817. The van der Waals surface area contributed by atoms with Crippen LogP contribution in [0.5, 0.6) is 11.5 Å². The number of rotatable bonds is 17. The molecule has 1 unspecified atom stereocenters. The summed E-state index contributed by atoms with van der Waals surface area (Å²) >= 11 is 6.56. The van der Waals surface area contributed by atoms with Gasteiger partial charge in [0.05, 0.1) is 22.8 Å². The molecule has 4 rings (SSSR count). The molecule has 3 aromatic rings. The summed E-state index contributed by atoms with van der Waals surface area (Å²) in [6.45, 7) is 14.3. The van der Waals surface area contributed by atoms with Gasteiger partial charge in [0.1, 0.15) is 17.3 Å². The van der Waals surface area contributed by atoms with Crippen LogP contribution in [0, 0.1) is 20.8 Å². The summed E-state index contributed by atoms with van der Waals surface area (Å²) in [6.07, 6.45) is 11.9. The number of halogens is 1. The first-order valence-electron chi connectivity index (χ1n) is 18.6. The number of nitrogens with one attached hydrogen (secondary N) is 2. The smallest absolute Gasteiger partial charge is 0.265 e. The summed E-state index contributed by atoms with van der Waals surface area (Å²) in [4.78, 5) is 31.6. The zero-order valence-electron chi connectivity index (χ0n) is 31.6. The second kappa shape index (κ2) is 18.5. The van der Waals surface area contributed by atoms with Gasteiger partial charge in [-0.25, -0.2) is 10.0 Å². The van der Waals surface area contributed by atoms with Gasteiger partial charge < -0.3 is 15.2 Å². The lowest BCUT2D eigenvalue weighted by Crippen LogP contribution is -2.37. The number of phenolic OH excluding ortho intramolecular Hbond substituents is 1. The molecule has 1 fully saturated rings. The summed E-state index contributed by atoms with van der Waals surface area (Å²) < 4.78 is 6.35. The van der Waals surface area contributed by atoms with E-state index in [9.17, 15) is 14.7 Å². The molecule has 8 nitrogen and oxygen atoms in total. The van der Waals surface area contributed by atoms with Crippen molar-refractivity contribution in [2.75, 3.05) is 10.3 Å². The number of unbranched alkanes of at least 4 members (excludes halogenated alkanes) is 9. The second-order valence-corrected chi connectivity index (χ2v) is 15.4. The molecule has 1 atom stereocenters. The summed E-state index contributed by atoms with van der Waals surface area (Å²) in [7, 11) is 0. The standard InChI is InChI=1S/C42H57ClN4O4/c1-8-9-10-11-12-13-14-15-16-17-18-37(51-32-20-22-36(48)33(26-32)42(5,6)7)41(50)44-31-19-21-34(43)35(25-31)45-38-27-39(49)47(46-38)40-29(3)23-28(2)24-30(40)4/h19-26,37,48H,8-18,27H2,1-7H3,(H,44,50)(H,45,46). The highest BCUT2D eigenvalue weighted by Crippen LogP contribution is 2.35. The highest BCUT2D eigenvalue weighted by atomic mass is 35.5. The number of benzene rings is 3. The number of amidine groups is 1. The minimum absolute atomic E-state index is 0.0949. The van der Waals surface area contributed by atoms with Crippen LogP contribution < -0.4 is 20.5 Å². The highest BCUT2D eigenvalue weighted by Gasteiger charge is 2.30. The fourth-order valence-electron chi connectivity index (χ4n) is 6.68. The van der Waals surface area contributed by atoms with Gasteiger partial charge in [-0.2, -0.15) is 0 Å². The number of hydrogen-bond donors (Lipinski definition) is 3. The van der Waals surface area contributed by atoms with Gasteiger partial charge in [-0.05, 0) is 86.6 Å². The quantitative estimate of drug-likeness (QED) is 0.121. The Hall–Kier alpha value is -4.04. The van der Waals surface area contributed by atoms with E-state index in [0.29, 0.717) is 34.4 Å². The summed E-state index contributed by atoms with van der Waals surface area (Å²) in [5, 5.41) is 15.5. The number of phenols is 1. The van der Waals surface area contributed by atoms with Crippen LogP contribution in [0.25, 0.3) is 0 Å². The van der Waals surface area contributed by atoms with Crippen molar-refractivity contribution in [1.29, 1.82) is 0 Å². The average Bonchev–Trinajstić information content (AvgIpc) is 3.41. The van der Waals surface area contributed by atoms with Gasteiger partial charge in [0, 0.05) is 11.3 Å². The molecule has 1 heterocycles. The molecule has 0 spiro atoms. The number of hydrogen-bond acceptors (Lipinski definition) is 5. The molecule has 1 aliphatic rings. The van der Waals surface area contributed by atoms with Crippen LogP contribution in [0.4, 0.5) is 17.1 Å². The van der Waals surface area contributed by atoms with Crippen molar-refractivity contribution in [3.8, 4) is 11.5 Å². The van der Waals surface area contributed by atoms with E-state index in [1.165, 1.54) is 44.9 Å². The molecule has 3 N–H and O–H groups in total. The van der Waals surface area contributed by atoms with E-state index >= 15 is 0 Å². The predicted molar refractivity (Wildman–Crippen MR) is 211 cm³/mol. The van der Waals surface area contributed by atoms with Crippen LogP contribution in [0.15, 0.2) is 53.5 Å². The van der Waals surface area contributed by atoms with Crippen LogP contribution >= 0.6 is 11.6 Å². The molecule has 0 aliphatic carbocycles. The van der Waals surface area contributed by atoms with Crippen molar-refractivity contribution in [1.82, 2.24) is 5.43 Å². The van der Waals surface area contributed by atoms with E-state index < -0.39 is 6.10 Å². The van der Waals surface area contributed by atoms with Crippen LogP contribution in [-0.4, -0.2) is 28.9 Å². The molecule has 0 saturated carbocycles. The molecular formula is C42H57ClN4O4. The molecule has 9 heteroatoms. The number of hydrazine groups is 1. The third kappa shape index (κ3) is 11.5. The van der Waals surface area contributed by atoms with Gasteiger partial charge in [-0.3, -0.25) is 15.0 Å². The highest BCUT2D eigenvalue weighted by molar-refractivity contribution is 6.33. The van der Waals surface area contributed by atoms with Gasteiger partial charge in [-0.1, -0.05) is 115 Å². The molecule has 3 aromatic carbocycles. The Bertz CT molecular complexity index is 1670. The van der Waals surface area contributed by atoms with Gasteiger partial charge in [0.2, 0.25) is 0 Å². The van der Waals surface area contributed by atoms with E-state index in [1.807, 2.05) is 59.7 Å². The summed E-state index contributed by atoms with van der Waals surface area (Å²) in [6, 6.07) is 14.4. The van der Waals surface area contributed by atoms with Crippen LogP contribution in [-0.2, 0) is 15.0 Å². The third-order valence-corrected chi connectivity index (χ3v) is 9.62. The number of amides is 2. The first-order chi connectivity index (χ1) is 24.3. The number of aromatic hydroxyl groups is 1. The molecule has 1 saturated heterocycles. The van der Waals surface area contributed by atoms with Gasteiger partial charge in [-0.15, -0.1) is 0 Å².